The SMILES string of the molecule is CCOC1CC(NCc2cnc[nH]2)C12CCCC2. The van der Waals surface area contributed by atoms with Gasteiger partial charge in [-0.3, -0.25) is 0 Å². The highest BCUT2D eigenvalue weighted by molar-refractivity contribution is 5.10. The fourth-order valence-corrected chi connectivity index (χ4v) is 3.79. The Morgan fingerprint density at radius 2 is 2.33 bits per heavy atom. The van der Waals surface area contributed by atoms with Crippen LogP contribution in [0.3, 0.4) is 0 Å². The Bertz CT molecular complexity index is 370. The van der Waals surface area contributed by atoms with Gasteiger partial charge >= 0.3 is 0 Å². The number of H-pyrrole nitrogens is 1. The van der Waals surface area contributed by atoms with Crippen LogP contribution >= 0.6 is 0 Å². The van der Waals surface area contributed by atoms with E-state index in [0.29, 0.717) is 17.6 Å². The van der Waals surface area contributed by atoms with Gasteiger partial charge in [0.2, 0.25) is 0 Å². The summed E-state index contributed by atoms with van der Waals surface area (Å²) in [4.78, 5) is 7.21. The van der Waals surface area contributed by atoms with Crippen molar-refractivity contribution in [3.63, 3.8) is 0 Å². The van der Waals surface area contributed by atoms with Crippen molar-refractivity contribution in [1.82, 2.24) is 15.3 Å². The van der Waals surface area contributed by atoms with Gasteiger partial charge in [0.15, 0.2) is 0 Å². The van der Waals surface area contributed by atoms with Gasteiger partial charge < -0.3 is 15.0 Å². The summed E-state index contributed by atoms with van der Waals surface area (Å²) in [6.07, 6.45) is 10.7. The predicted octanol–water partition coefficient (Wildman–Crippen LogP) is 2.24. The highest BCUT2D eigenvalue weighted by Gasteiger charge is 2.56. The van der Waals surface area contributed by atoms with Crippen LogP contribution in [-0.2, 0) is 11.3 Å². The summed E-state index contributed by atoms with van der Waals surface area (Å²) in [5.41, 5.74) is 1.60. The summed E-state index contributed by atoms with van der Waals surface area (Å²) in [5, 5.41) is 3.69. The third kappa shape index (κ3) is 1.97. The number of hydrogen-bond acceptors (Lipinski definition) is 3. The minimum atomic E-state index is 0.427. The summed E-state index contributed by atoms with van der Waals surface area (Å²) >= 11 is 0. The standard InChI is InChI=1S/C14H23N3O/c1-2-18-13-7-12(14(13)5-3-4-6-14)16-9-11-8-15-10-17-11/h8,10,12-13,16H,2-7,9H2,1H3,(H,15,17). The zero-order valence-corrected chi connectivity index (χ0v) is 11.1. The number of imidazole rings is 1. The van der Waals surface area contributed by atoms with Gasteiger partial charge in [-0.2, -0.15) is 0 Å². The number of nitrogens with zero attached hydrogens (tertiary/aromatic N) is 1. The Morgan fingerprint density at radius 1 is 1.50 bits per heavy atom. The van der Waals surface area contributed by atoms with Gasteiger partial charge in [-0.05, 0) is 26.2 Å². The van der Waals surface area contributed by atoms with Gasteiger partial charge in [-0.1, -0.05) is 12.8 Å². The van der Waals surface area contributed by atoms with E-state index in [9.17, 15) is 0 Å². The maximum atomic E-state index is 5.92. The van der Waals surface area contributed by atoms with Crippen LogP contribution in [0.25, 0.3) is 0 Å². The summed E-state index contributed by atoms with van der Waals surface area (Å²) in [6.45, 7) is 3.85. The second kappa shape index (κ2) is 5.02. The smallest absolute Gasteiger partial charge is 0.0922 e. The van der Waals surface area contributed by atoms with Crippen molar-refractivity contribution in [3.8, 4) is 0 Å². The van der Waals surface area contributed by atoms with E-state index in [-0.39, 0.29) is 0 Å². The van der Waals surface area contributed by atoms with E-state index in [0.717, 1.165) is 13.2 Å². The van der Waals surface area contributed by atoms with Crippen molar-refractivity contribution >= 4 is 0 Å². The molecule has 2 aliphatic rings. The average molecular weight is 249 g/mol. The van der Waals surface area contributed by atoms with Gasteiger partial charge in [-0.25, -0.2) is 4.98 Å². The van der Waals surface area contributed by atoms with E-state index in [1.165, 1.54) is 37.8 Å². The summed E-state index contributed by atoms with van der Waals surface area (Å²) in [5.74, 6) is 0. The molecule has 100 valence electrons. The van der Waals surface area contributed by atoms with Crippen LogP contribution in [0.5, 0.6) is 0 Å². The molecule has 0 aliphatic heterocycles. The average Bonchev–Trinajstić information content (AvgIpc) is 3.03. The lowest BCUT2D eigenvalue weighted by atomic mass is 9.60. The molecule has 1 aromatic heterocycles. The molecule has 2 saturated carbocycles. The van der Waals surface area contributed by atoms with Gasteiger partial charge in [0.25, 0.3) is 0 Å². The van der Waals surface area contributed by atoms with E-state index in [2.05, 4.69) is 22.2 Å². The summed E-state index contributed by atoms with van der Waals surface area (Å²) in [6, 6.07) is 0.625. The third-order valence-corrected chi connectivity index (χ3v) is 4.78. The first-order valence-electron chi connectivity index (χ1n) is 7.17. The molecule has 0 aromatic carbocycles. The van der Waals surface area contributed by atoms with Crippen molar-refractivity contribution < 1.29 is 4.74 Å². The van der Waals surface area contributed by atoms with Gasteiger partial charge in [0.1, 0.15) is 0 Å². The monoisotopic (exact) mass is 249 g/mol. The van der Waals surface area contributed by atoms with Gasteiger partial charge in [0, 0.05) is 36.5 Å². The molecule has 1 spiro atoms. The normalized spacial score (nSPS) is 29.6. The van der Waals surface area contributed by atoms with E-state index < -0.39 is 0 Å². The molecule has 18 heavy (non-hydrogen) atoms. The fourth-order valence-electron chi connectivity index (χ4n) is 3.79. The van der Waals surface area contributed by atoms with Crippen LogP contribution in [0.4, 0.5) is 0 Å². The minimum absolute atomic E-state index is 0.427. The van der Waals surface area contributed by atoms with Crippen LogP contribution < -0.4 is 5.32 Å². The molecule has 0 radical (unpaired) electrons. The molecule has 1 heterocycles. The topological polar surface area (TPSA) is 49.9 Å². The minimum Gasteiger partial charge on any atom is -0.378 e. The molecule has 1 aromatic rings. The van der Waals surface area contributed by atoms with E-state index >= 15 is 0 Å². The molecule has 0 bridgehead atoms. The van der Waals surface area contributed by atoms with E-state index in [4.69, 9.17) is 4.74 Å². The number of nitrogens with one attached hydrogen (secondary N) is 2. The molecule has 0 saturated heterocycles. The second-order valence-corrected chi connectivity index (χ2v) is 5.63. The van der Waals surface area contributed by atoms with Crippen LogP contribution in [0.2, 0.25) is 0 Å². The molecule has 4 nitrogen and oxygen atoms in total. The Morgan fingerprint density at radius 3 is 3.00 bits per heavy atom. The predicted molar refractivity (Wildman–Crippen MR) is 70.1 cm³/mol. The van der Waals surface area contributed by atoms with Crippen molar-refractivity contribution in [2.45, 2.75) is 57.7 Å². The Hall–Kier alpha value is -0.870. The highest BCUT2D eigenvalue weighted by Crippen LogP contribution is 2.54. The molecule has 3 rings (SSSR count). The molecule has 4 heteroatoms. The zero-order chi connectivity index (χ0) is 12.4. The number of aromatic amines is 1. The highest BCUT2D eigenvalue weighted by atomic mass is 16.5. The Kier molecular flexibility index (Phi) is 3.39. The summed E-state index contributed by atoms with van der Waals surface area (Å²) < 4.78 is 5.92. The molecule has 2 unspecified atom stereocenters. The number of ether oxygens (including phenoxy) is 1. The fraction of sp³-hybridized carbons (Fsp3) is 0.786. The van der Waals surface area contributed by atoms with Crippen molar-refractivity contribution in [2.24, 2.45) is 5.41 Å². The van der Waals surface area contributed by atoms with E-state index in [1.54, 1.807) is 6.33 Å². The van der Waals surface area contributed by atoms with Crippen LogP contribution in [0, 0.1) is 5.41 Å². The van der Waals surface area contributed by atoms with Crippen molar-refractivity contribution in [3.05, 3.63) is 18.2 Å². The molecule has 2 fully saturated rings. The lowest BCUT2D eigenvalue weighted by Gasteiger charge is -2.54. The first kappa shape index (κ1) is 12.2. The second-order valence-electron chi connectivity index (χ2n) is 5.63. The quantitative estimate of drug-likeness (QED) is 0.841. The maximum absolute atomic E-state index is 5.92. The van der Waals surface area contributed by atoms with E-state index in [1.807, 2.05) is 6.20 Å². The number of hydrogen-bond donors (Lipinski definition) is 2. The Balaban J connectivity index is 1.59. The Labute approximate surface area is 109 Å². The number of aromatic nitrogens is 2. The first-order chi connectivity index (χ1) is 8.85. The molecule has 0 amide bonds. The van der Waals surface area contributed by atoms with Crippen LogP contribution in [0.15, 0.2) is 12.5 Å². The van der Waals surface area contributed by atoms with Crippen molar-refractivity contribution in [1.29, 1.82) is 0 Å². The zero-order valence-electron chi connectivity index (χ0n) is 11.1. The van der Waals surface area contributed by atoms with Gasteiger partial charge in [0.05, 0.1) is 12.4 Å². The molecule has 2 aliphatic carbocycles. The summed E-state index contributed by atoms with van der Waals surface area (Å²) in [7, 11) is 0. The molecular weight excluding hydrogens is 226 g/mol. The lowest BCUT2D eigenvalue weighted by molar-refractivity contribution is -0.130. The first-order valence-corrected chi connectivity index (χ1v) is 7.17. The van der Waals surface area contributed by atoms with Crippen LogP contribution in [-0.4, -0.2) is 28.7 Å². The lowest BCUT2D eigenvalue weighted by Crippen LogP contribution is -2.62. The molecule has 2 atom stereocenters. The van der Waals surface area contributed by atoms with Gasteiger partial charge in [-0.15, -0.1) is 0 Å². The maximum Gasteiger partial charge on any atom is 0.0922 e. The van der Waals surface area contributed by atoms with Crippen LogP contribution in [0.1, 0.15) is 44.7 Å². The van der Waals surface area contributed by atoms with Crippen molar-refractivity contribution in [2.75, 3.05) is 6.61 Å². The molecule has 2 N–H and O–H groups in total. The third-order valence-electron chi connectivity index (χ3n) is 4.78. The number of rotatable bonds is 5. The molecular formula is C14H23N3O. The largest absolute Gasteiger partial charge is 0.378 e.